The summed E-state index contributed by atoms with van der Waals surface area (Å²) in [6.07, 6.45) is 0.0859. The van der Waals surface area contributed by atoms with Crippen molar-refractivity contribution in [2.24, 2.45) is 0 Å². The molecule has 0 amide bonds. The summed E-state index contributed by atoms with van der Waals surface area (Å²) in [4.78, 5) is 17.1. The van der Waals surface area contributed by atoms with Crippen LogP contribution in [0.25, 0.3) is 22.2 Å². The van der Waals surface area contributed by atoms with Crippen LogP contribution in [0.5, 0.6) is 6.01 Å². The first-order valence-electron chi connectivity index (χ1n) is 13.1. The van der Waals surface area contributed by atoms with Gasteiger partial charge in [0.1, 0.15) is 23.8 Å². The van der Waals surface area contributed by atoms with E-state index in [9.17, 15) is 13.2 Å². The highest BCUT2D eigenvalue weighted by Crippen LogP contribution is 2.45. The van der Waals surface area contributed by atoms with Crippen LogP contribution in [-0.4, -0.2) is 58.7 Å². The van der Waals surface area contributed by atoms with Crippen molar-refractivity contribution in [2.45, 2.75) is 64.2 Å². The van der Waals surface area contributed by atoms with E-state index in [2.05, 4.69) is 31.7 Å². The van der Waals surface area contributed by atoms with Crippen molar-refractivity contribution >= 4 is 34.1 Å². The van der Waals surface area contributed by atoms with Crippen LogP contribution >= 0.6 is 11.6 Å². The van der Waals surface area contributed by atoms with Gasteiger partial charge >= 0.3 is 12.2 Å². The third-order valence-corrected chi connectivity index (χ3v) is 8.05. The number of anilines is 2. The van der Waals surface area contributed by atoms with Crippen LogP contribution in [0, 0.1) is 12.7 Å². The third-order valence-electron chi connectivity index (χ3n) is 7.75. The maximum atomic E-state index is 16.4. The minimum Gasteiger partial charge on any atom is -0.462 e. The standard InChI is InChI=1S/C27H31ClF4N6O/c1-14-11-19(33)34-24(21(14)27(30,31)32)20-18(28)12-17-23(22(20)29)35-26(39-13-16-8-6-9-37(16)3)36-25(17)38-10-5-4-7-15(38)2/h11-12,15-16H,4-10,13H2,1-3H3,(H2,33,34)/t15-,16-/m0/s1. The second-order valence-corrected chi connectivity index (χ2v) is 10.9. The second kappa shape index (κ2) is 10.6. The smallest absolute Gasteiger partial charge is 0.418 e. The number of piperidine rings is 1. The summed E-state index contributed by atoms with van der Waals surface area (Å²) in [5.74, 6) is -0.764. The van der Waals surface area contributed by atoms with Crippen molar-refractivity contribution in [1.82, 2.24) is 19.9 Å². The summed E-state index contributed by atoms with van der Waals surface area (Å²) < 4.78 is 64.6. The zero-order valence-corrected chi connectivity index (χ0v) is 22.8. The van der Waals surface area contributed by atoms with Gasteiger partial charge in [0, 0.05) is 24.0 Å². The van der Waals surface area contributed by atoms with E-state index >= 15 is 4.39 Å². The Morgan fingerprint density at radius 3 is 2.54 bits per heavy atom. The number of halogens is 5. The Balaban J connectivity index is 1.71. The van der Waals surface area contributed by atoms with Gasteiger partial charge in [-0.05, 0) is 77.2 Å². The van der Waals surface area contributed by atoms with Gasteiger partial charge in [-0.15, -0.1) is 0 Å². The van der Waals surface area contributed by atoms with Crippen LogP contribution in [0.4, 0.5) is 29.2 Å². The summed E-state index contributed by atoms with van der Waals surface area (Å²) in [5.41, 5.74) is 3.14. The topological polar surface area (TPSA) is 80.4 Å². The number of aryl methyl sites for hydroxylation is 1. The zero-order valence-electron chi connectivity index (χ0n) is 22.1. The largest absolute Gasteiger partial charge is 0.462 e. The summed E-state index contributed by atoms with van der Waals surface area (Å²) in [6, 6.07) is 2.77. The SMILES string of the molecule is Cc1cc(N)nc(-c2c(Cl)cc3c(N4CCCC[C@@H]4C)nc(OC[C@@H]4CCCN4C)nc3c2F)c1C(F)(F)F. The van der Waals surface area contributed by atoms with Crippen LogP contribution in [0.15, 0.2) is 12.1 Å². The molecule has 2 aliphatic heterocycles. The number of benzene rings is 1. The van der Waals surface area contributed by atoms with Gasteiger partial charge in [-0.3, -0.25) is 0 Å². The second-order valence-electron chi connectivity index (χ2n) is 10.5. The molecule has 0 unspecified atom stereocenters. The first-order chi connectivity index (χ1) is 18.5. The number of nitrogen functional groups attached to an aromatic ring is 1. The number of nitrogens with two attached hydrogens (primary N) is 1. The summed E-state index contributed by atoms with van der Waals surface area (Å²) in [7, 11) is 2.01. The molecule has 2 aromatic heterocycles. The fourth-order valence-electron chi connectivity index (χ4n) is 5.67. The lowest BCUT2D eigenvalue weighted by atomic mass is 9.98. The highest BCUT2D eigenvalue weighted by atomic mass is 35.5. The number of hydrogen-bond donors (Lipinski definition) is 1. The van der Waals surface area contributed by atoms with Crippen LogP contribution < -0.4 is 15.4 Å². The molecule has 0 radical (unpaired) electrons. The lowest BCUT2D eigenvalue weighted by Crippen LogP contribution is -2.38. The average Bonchev–Trinajstić information content (AvgIpc) is 3.26. The van der Waals surface area contributed by atoms with Gasteiger partial charge < -0.3 is 20.3 Å². The summed E-state index contributed by atoms with van der Waals surface area (Å²) >= 11 is 6.52. The number of hydrogen-bond acceptors (Lipinski definition) is 7. The van der Waals surface area contributed by atoms with E-state index in [0.717, 1.165) is 44.7 Å². The van der Waals surface area contributed by atoms with E-state index < -0.39 is 28.8 Å². The van der Waals surface area contributed by atoms with Crippen molar-refractivity contribution in [3.05, 3.63) is 34.1 Å². The molecule has 2 saturated heterocycles. The molecule has 0 bridgehead atoms. The van der Waals surface area contributed by atoms with E-state index in [4.69, 9.17) is 22.1 Å². The van der Waals surface area contributed by atoms with E-state index in [1.54, 1.807) is 0 Å². The quantitative estimate of drug-likeness (QED) is 0.366. The predicted molar refractivity (Wildman–Crippen MR) is 144 cm³/mol. The van der Waals surface area contributed by atoms with E-state index in [1.165, 1.54) is 13.0 Å². The Hall–Kier alpha value is -2.92. The molecule has 39 heavy (non-hydrogen) atoms. The van der Waals surface area contributed by atoms with Crippen molar-refractivity contribution in [3.8, 4) is 17.3 Å². The molecular weight excluding hydrogens is 536 g/mol. The molecule has 0 aliphatic carbocycles. The molecule has 4 heterocycles. The first-order valence-corrected chi connectivity index (χ1v) is 13.5. The van der Waals surface area contributed by atoms with Gasteiger partial charge in [-0.2, -0.15) is 23.1 Å². The Bertz CT molecular complexity index is 1400. The number of alkyl halides is 3. The van der Waals surface area contributed by atoms with E-state index in [-0.39, 0.29) is 40.0 Å². The minimum absolute atomic E-state index is 0.0319. The number of fused-ring (bicyclic) bond motifs is 1. The molecule has 2 atom stereocenters. The van der Waals surface area contributed by atoms with Gasteiger partial charge in [0.15, 0.2) is 5.82 Å². The van der Waals surface area contributed by atoms with E-state index in [1.807, 2.05) is 7.05 Å². The maximum absolute atomic E-state index is 16.4. The van der Waals surface area contributed by atoms with Crippen molar-refractivity contribution in [2.75, 3.05) is 37.4 Å². The summed E-state index contributed by atoms with van der Waals surface area (Å²) in [5, 5.41) is 0.0632. The van der Waals surface area contributed by atoms with Crippen LogP contribution in [0.3, 0.4) is 0 Å². The van der Waals surface area contributed by atoms with Gasteiger partial charge in [-0.1, -0.05) is 11.6 Å². The van der Waals surface area contributed by atoms with Gasteiger partial charge in [-0.25, -0.2) is 9.37 Å². The number of likely N-dealkylation sites (tertiary alicyclic amines) is 1. The van der Waals surface area contributed by atoms with Crippen molar-refractivity contribution in [3.63, 3.8) is 0 Å². The highest BCUT2D eigenvalue weighted by molar-refractivity contribution is 6.34. The number of pyridine rings is 1. The number of rotatable bonds is 5. The molecule has 1 aromatic carbocycles. The number of aromatic nitrogens is 3. The van der Waals surface area contributed by atoms with Crippen LogP contribution in [-0.2, 0) is 6.18 Å². The Morgan fingerprint density at radius 1 is 1.10 bits per heavy atom. The van der Waals surface area contributed by atoms with Gasteiger partial charge in [0.05, 0.1) is 21.8 Å². The number of nitrogens with zero attached hydrogens (tertiary/aromatic N) is 5. The fourth-order valence-corrected chi connectivity index (χ4v) is 5.95. The predicted octanol–water partition coefficient (Wildman–Crippen LogP) is 6.25. The molecule has 2 N–H and O–H groups in total. The van der Waals surface area contributed by atoms with Crippen LogP contribution in [0.2, 0.25) is 5.02 Å². The average molecular weight is 567 g/mol. The number of likely N-dealkylation sites (N-methyl/N-ethyl adjacent to an activating group) is 1. The molecule has 7 nitrogen and oxygen atoms in total. The van der Waals surface area contributed by atoms with Crippen molar-refractivity contribution < 1.29 is 22.3 Å². The lowest BCUT2D eigenvalue weighted by Gasteiger charge is -2.35. The molecule has 0 saturated carbocycles. The molecule has 2 fully saturated rings. The Kier molecular flexibility index (Phi) is 7.49. The third kappa shape index (κ3) is 5.30. The first kappa shape index (κ1) is 27.6. The zero-order chi connectivity index (χ0) is 28.1. The van der Waals surface area contributed by atoms with Crippen molar-refractivity contribution in [1.29, 1.82) is 0 Å². The van der Waals surface area contributed by atoms with E-state index in [0.29, 0.717) is 24.4 Å². The lowest BCUT2D eigenvalue weighted by molar-refractivity contribution is -0.137. The normalized spacial score (nSPS) is 20.7. The molecule has 12 heteroatoms. The molecule has 2 aliphatic rings. The number of ether oxygens (including phenoxy) is 1. The van der Waals surface area contributed by atoms with Gasteiger partial charge in [0.2, 0.25) is 0 Å². The minimum atomic E-state index is -4.81. The monoisotopic (exact) mass is 566 g/mol. The molecular formula is C27H31ClF4N6O. The molecule has 210 valence electrons. The fraction of sp³-hybridized carbons (Fsp3) is 0.519. The Labute approximate surface area is 229 Å². The maximum Gasteiger partial charge on any atom is 0.418 e. The van der Waals surface area contributed by atoms with Crippen LogP contribution in [0.1, 0.15) is 50.2 Å². The summed E-state index contributed by atoms with van der Waals surface area (Å²) in [6.45, 7) is 5.26. The molecule has 5 rings (SSSR count). The Morgan fingerprint density at radius 2 is 1.87 bits per heavy atom. The van der Waals surface area contributed by atoms with Gasteiger partial charge in [0.25, 0.3) is 0 Å². The highest BCUT2D eigenvalue weighted by Gasteiger charge is 2.38. The molecule has 3 aromatic rings. The molecule has 0 spiro atoms.